The van der Waals surface area contributed by atoms with Gasteiger partial charge in [-0.15, -0.1) is 0 Å². The van der Waals surface area contributed by atoms with Crippen LogP contribution in [-0.2, 0) is 0 Å². The van der Waals surface area contributed by atoms with Gasteiger partial charge < -0.3 is 4.42 Å². The largest absolute Gasteiger partial charge is 0.455 e. The van der Waals surface area contributed by atoms with E-state index in [1.165, 1.54) is 0 Å². The second-order valence-corrected chi connectivity index (χ2v) is 16.2. The summed E-state index contributed by atoms with van der Waals surface area (Å²) in [6, 6.07) is 80.0. The van der Waals surface area contributed by atoms with Gasteiger partial charge in [-0.1, -0.05) is 188 Å². The Morgan fingerprint density at radius 2 is 0.723 bits per heavy atom. The molecule has 5 nitrogen and oxygen atoms in total. The zero-order valence-electron chi connectivity index (χ0n) is 35.1. The van der Waals surface area contributed by atoms with Gasteiger partial charge in [-0.05, 0) is 87.0 Å². The number of para-hydroxylation sites is 2. The number of benzene rings is 9. The van der Waals surface area contributed by atoms with Gasteiger partial charge in [0.1, 0.15) is 11.2 Å². The van der Waals surface area contributed by atoms with Gasteiger partial charge in [0.2, 0.25) is 0 Å². The smallest absolute Gasteiger partial charge is 0.164 e. The first-order chi connectivity index (χ1) is 32.2. The summed E-state index contributed by atoms with van der Waals surface area (Å²) in [6.07, 6.45) is 0. The Bertz CT molecular complexity index is 3590. The molecule has 0 aliphatic carbocycles. The van der Waals surface area contributed by atoms with Crippen LogP contribution < -0.4 is 0 Å². The van der Waals surface area contributed by atoms with E-state index in [1.54, 1.807) is 0 Å². The van der Waals surface area contributed by atoms with Crippen molar-refractivity contribution in [3.63, 3.8) is 0 Å². The van der Waals surface area contributed by atoms with Crippen LogP contribution in [0.1, 0.15) is 0 Å². The molecule has 0 saturated heterocycles. The highest BCUT2D eigenvalue weighted by Crippen LogP contribution is 2.37. The highest BCUT2D eigenvalue weighted by molar-refractivity contribution is 6.09. The minimum Gasteiger partial charge on any atom is -0.455 e. The molecule has 0 bridgehead atoms. The van der Waals surface area contributed by atoms with Crippen LogP contribution in [0.15, 0.2) is 235 Å². The monoisotopic (exact) mass is 830 g/mol. The maximum Gasteiger partial charge on any atom is 0.164 e. The van der Waals surface area contributed by atoms with Crippen LogP contribution >= 0.6 is 0 Å². The first-order valence-electron chi connectivity index (χ1n) is 21.8. The third kappa shape index (κ3) is 7.31. The van der Waals surface area contributed by atoms with E-state index in [9.17, 15) is 0 Å². The molecule has 0 saturated carbocycles. The SMILES string of the molecule is c1ccc(-c2ccc(-c3nc(-c4ccc(-c5ccccc5)cc4)nc(-c4cccc(-c5cccc(-c6ccc7nc(-c8cccc9c8oc8ccccc89)ccc7c6)c5)c4)n3)cc2)cc1. The molecule has 9 aromatic carbocycles. The number of fused-ring (bicyclic) bond motifs is 4. The van der Waals surface area contributed by atoms with Crippen molar-refractivity contribution in [3.8, 4) is 89.9 Å². The lowest BCUT2D eigenvalue weighted by molar-refractivity contribution is 0.670. The number of nitrogens with zero attached hydrogens (tertiary/aromatic N) is 4. The van der Waals surface area contributed by atoms with Crippen LogP contribution in [0.2, 0.25) is 0 Å². The van der Waals surface area contributed by atoms with Crippen LogP contribution in [0.4, 0.5) is 0 Å². The Labute approximate surface area is 376 Å². The van der Waals surface area contributed by atoms with Crippen molar-refractivity contribution < 1.29 is 4.42 Å². The molecule has 0 aliphatic heterocycles. The summed E-state index contributed by atoms with van der Waals surface area (Å²) in [5.74, 6) is 1.85. The molecule has 3 aromatic heterocycles. The van der Waals surface area contributed by atoms with Crippen molar-refractivity contribution >= 4 is 32.8 Å². The van der Waals surface area contributed by atoms with Gasteiger partial charge in [-0.25, -0.2) is 19.9 Å². The van der Waals surface area contributed by atoms with Gasteiger partial charge in [0.15, 0.2) is 17.5 Å². The lowest BCUT2D eigenvalue weighted by Crippen LogP contribution is -2.00. The minimum absolute atomic E-state index is 0.611. The molecular formula is C60H38N4O. The summed E-state index contributed by atoms with van der Waals surface area (Å²) in [7, 11) is 0. The zero-order chi connectivity index (χ0) is 43.1. The maximum atomic E-state index is 6.34. The zero-order valence-corrected chi connectivity index (χ0v) is 35.1. The molecule has 304 valence electrons. The fourth-order valence-electron chi connectivity index (χ4n) is 8.77. The van der Waals surface area contributed by atoms with Crippen LogP contribution in [-0.4, -0.2) is 19.9 Å². The molecular weight excluding hydrogens is 793 g/mol. The Morgan fingerprint density at radius 3 is 1.35 bits per heavy atom. The van der Waals surface area contributed by atoms with Crippen molar-refractivity contribution in [3.05, 3.63) is 231 Å². The minimum atomic E-state index is 0.611. The van der Waals surface area contributed by atoms with Gasteiger partial charge in [0, 0.05) is 38.4 Å². The fourth-order valence-corrected chi connectivity index (χ4v) is 8.77. The lowest BCUT2D eigenvalue weighted by atomic mass is 9.97. The second kappa shape index (κ2) is 16.2. The van der Waals surface area contributed by atoms with E-state index in [4.69, 9.17) is 24.4 Å². The normalized spacial score (nSPS) is 11.4. The van der Waals surface area contributed by atoms with Crippen LogP contribution in [0, 0.1) is 0 Å². The number of hydrogen-bond acceptors (Lipinski definition) is 5. The quantitative estimate of drug-likeness (QED) is 0.153. The summed E-state index contributed by atoms with van der Waals surface area (Å²) in [6.45, 7) is 0. The Kier molecular flexibility index (Phi) is 9.42. The Balaban J connectivity index is 0.876. The molecule has 0 N–H and O–H groups in total. The Morgan fingerprint density at radius 1 is 0.277 bits per heavy atom. The van der Waals surface area contributed by atoms with E-state index in [2.05, 4.69) is 200 Å². The molecule has 65 heavy (non-hydrogen) atoms. The number of rotatable bonds is 8. The average molecular weight is 831 g/mol. The number of hydrogen-bond donors (Lipinski definition) is 0. The van der Waals surface area contributed by atoms with Crippen LogP contribution in [0.25, 0.3) is 123 Å². The third-order valence-electron chi connectivity index (χ3n) is 12.2. The molecule has 12 rings (SSSR count). The molecule has 0 amide bonds. The molecule has 5 heteroatoms. The molecule has 0 aliphatic rings. The highest BCUT2D eigenvalue weighted by Gasteiger charge is 2.16. The van der Waals surface area contributed by atoms with E-state index >= 15 is 0 Å². The topological polar surface area (TPSA) is 64.7 Å². The maximum absolute atomic E-state index is 6.34. The van der Waals surface area contributed by atoms with Crippen LogP contribution in [0.5, 0.6) is 0 Å². The first kappa shape index (κ1) is 37.9. The molecule has 0 unspecified atom stereocenters. The third-order valence-corrected chi connectivity index (χ3v) is 12.2. The van der Waals surface area contributed by atoms with Gasteiger partial charge in [-0.2, -0.15) is 0 Å². The summed E-state index contributed by atoms with van der Waals surface area (Å²) in [5.41, 5.74) is 16.3. The lowest BCUT2D eigenvalue weighted by Gasteiger charge is -2.11. The number of pyridine rings is 1. The summed E-state index contributed by atoms with van der Waals surface area (Å²) < 4.78 is 6.34. The standard InChI is InChI=1S/C60H38N4O/c1-3-12-39(13-4-1)41-24-28-43(29-25-41)58-62-59(44-30-26-42(27-31-44)40-14-5-2-6-15-40)64-60(63-58)50-19-10-18-47(38-50)45-16-9-17-46(36-45)48-32-34-54-49(37-48)33-35-55(61-54)53-22-11-21-52-51-20-7-8-23-56(51)65-57(52)53/h1-38H. The van der Waals surface area contributed by atoms with Crippen molar-refractivity contribution in [1.29, 1.82) is 0 Å². The molecule has 3 heterocycles. The van der Waals surface area contributed by atoms with Gasteiger partial charge in [0.25, 0.3) is 0 Å². The predicted molar refractivity (Wildman–Crippen MR) is 266 cm³/mol. The van der Waals surface area contributed by atoms with Gasteiger partial charge in [-0.3, -0.25) is 0 Å². The number of furan rings is 1. The molecule has 0 spiro atoms. The van der Waals surface area contributed by atoms with Crippen molar-refractivity contribution in [2.75, 3.05) is 0 Å². The summed E-state index contributed by atoms with van der Waals surface area (Å²) in [4.78, 5) is 20.4. The first-order valence-corrected chi connectivity index (χ1v) is 21.8. The molecule has 0 atom stereocenters. The molecule has 12 aromatic rings. The average Bonchev–Trinajstić information content (AvgIpc) is 3.78. The van der Waals surface area contributed by atoms with Crippen molar-refractivity contribution in [1.82, 2.24) is 19.9 Å². The van der Waals surface area contributed by atoms with Gasteiger partial charge in [0.05, 0.1) is 11.2 Å². The van der Waals surface area contributed by atoms with Crippen molar-refractivity contribution in [2.45, 2.75) is 0 Å². The van der Waals surface area contributed by atoms with E-state index in [0.29, 0.717) is 17.5 Å². The van der Waals surface area contributed by atoms with E-state index in [-0.39, 0.29) is 0 Å². The van der Waals surface area contributed by atoms with Crippen molar-refractivity contribution in [2.24, 2.45) is 0 Å². The summed E-state index contributed by atoms with van der Waals surface area (Å²) in [5, 5.41) is 3.28. The van der Waals surface area contributed by atoms with Crippen LogP contribution in [0.3, 0.4) is 0 Å². The van der Waals surface area contributed by atoms with E-state index in [1.807, 2.05) is 30.3 Å². The molecule has 0 fully saturated rings. The van der Waals surface area contributed by atoms with E-state index in [0.717, 1.165) is 105 Å². The molecule has 0 radical (unpaired) electrons. The predicted octanol–water partition coefficient (Wildman–Crippen LogP) is 15.7. The van der Waals surface area contributed by atoms with E-state index < -0.39 is 0 Å². The van der Waals surface area contributed by atoms with Gasteiger partial charge >= 0.3 is 0 Å². The highest BCUT2D eigenvalue weighted by atomic mass is 16.3. The Hall–Kier alpha value is -8.80. The number of aromatic nitrogens is 4. The summed E-state index contributed by atoms with van der Waals surface area (Å²) >= 11 is 0. The fraction of sp³-hybridized carbons (Fsp3) is 0. The second-order valence-electron chi connectivity index (χ2n) is 16.2.